The quantitative estimate of drug-likeness (QED) is 0.375. The molecule has 2 rings (SSSR count). The van der Waals surface area contributed by atoms with Gasteiger partial charge in [0.05, 0.1) is 22.4 Å². The molecule has 0 unspecified atom stereocenters. The first-order valence-corrected chi connectivity index (χ1v) is 10.2. The SMILES string of the molecule is CCN(CC)S(=O)(=O)c1cc([N+](=O)[O-])ccc1N/N=C\c1ccccc1C(F)(F)F. The van der Waals surface area contributed by atoms with E-state index in [1.807, 2.05) is 0 Å². The Kier molecular flexibility index (Phi) is 7.16. The maximum absolute atomic E-state index is 13.1. The Morgan fingerprint density at radius 2 is 1.80 bits per heavy atom. The predicted molar refractivity (Wildman–Crippen MR) is 106 cm³/mol. The van der Waals surface area contributed by atoms with Gasteiger partial charge in [-0.3, -0.25) is 15.5 Å². The lowest BCUT2D eigenvalue weighted by molar-refractivity contribution is -0.385. The molecule has 8 nitrogen and oxygen atoms in total. The Hall–Kier alpha value is -2.99. The molecule has 2 aromatic rings. The van der Waals surface area contributed by atoms with Gasteiger partial charge in [0.15, 0.2) is 0 Å². The summed E-state index contributed by atoms with van der Waals surface area (Å²) >= 11 is 0. The van der Waals surface area contributed by atoms with E-state index in [9.17, 15) is 31.7 Å². The van der Waals surface area contributed by atoms with E-state index in [2.05, 4.69) is 10.5 Å². The molecule has 0 saturated carbocycles. The number of nitrogens with zero attached hydrogens (tertiary/aromatic N) is 3. The molecule has 0 radical (unpaired) electrons. The standard InChI is InChI=1S/C18H19F3N4O4S/c1-3-24(4-2)30(28,29)17-11-14(25(26)27)9-10-16(17)23-22-12-13-7-5-6-8-15(13)18(19,20)21/h5-12,23H,3-4H2,1-2H3/b22-12-. The van der Waals surface area contributed by atoms with Gasteiger partial charge in [-0.15, -0.1) is 0 Å². The van der Waals surface area contributed by atoms with Crippen LogP contribution in [0.2, 0.25) is 0 Å². The number of hydrogen-bond donors (Lipinski definition) is 1. The Bertz CT molecular complexity index is 1050. The third-order valence-corrected chi connectivity index (χ3v) is 6.24. The monoisotopic (exact) mass is 444 g/mol. The van der Waals surface area contributed by atoms with E-state index in [-0.39, 0.29) is 24.3 Å². The Balaban J connectivity index is 2.46. The number of hydrazone groups is 1. The predicted octanol–water partition coefficient (Wildman–Crippen LogP) is 4.09. The lowest BCUT2D eigenvalue weighted by Crippen LogP contribution is -2.31. The molecule has 0 atom stereocenters. The van der Waals surface area contributed by atoms with Crippen LogP contribution in [-0.2, 0) is 16.2 Å². The van der Waals surface area contributed by atoms with Crippen LogP contribution >= 0.6 is 0 Å². The maximum Gasteiger partial charge on any atom is 0.417 e. The zero-order valence-electron chi connectivity index (χ0n) is 16.0. The van der Waals surface area contributed by atoms with Gasteiger partial charge in [-0.25, -0.2) is 8.42 Å². The summed E-state index contributed by atoms with van der Waals surface area (Å²) < 4.78 is 66.1. The number of sulfonamides is 1. The van der Waals surface area contributed by atoms with E-state index in [4.69, 9.17) is 0 Å². The molecule has 0 aliphatic heterocycles. The molecule has 12 heteroatoms. The summed E-state index contributed by atoms with van der Waals surface area (Å²) in [5.74, 6) is 0. The third kappa shape index (κ3) is 5.13. The number of benzene rings is 2. The summed E-state index contributed by atoms with van der Waals surface area (Å²) in [7, 11) is -4.10. The van der Waals surface area contributed by atoms with Crippen LogP contribution in [0.5, 0.6) is 0 Å². The van der Waals surface area contributed by atoms with Gasteiger partial charge >= 0.3 is 6.18 Å². The molecule has 0 bridgehead atoms. The zero-order chi connectivity index (χ0) is 22.5. The molecule has 0 amide bonds. The lowest BCUT2D eigenvalue weighted by Gasteiger charge is -2.20. The Labute approximate surface area is 171 Å². The molecule has 2 aromatic carbocycles. The topological polar surface area (TPSA) is 105 Å². The molecule has 0 spiro atoms. The molecule has 0 saturated heterocycles. The van der Waals surface area contributed by atoms with Crippen molar-refractivity contribution >= 4 is 27.6 Å². The van der Waals surface area contributed by atoms with Crippen molar-refractivity contribution in [2.45, 2.75) is 24.9 Å². The van der Waals surface area contributed by atoms with Gasteiger partial charge in [-0.2, -0.15) is 22.6 Å². The van der Waals surface area contributed by atoms with Crippen LogP contribution in [0.4, 0.5) is 24.5 Å². The summed E-state index contributed by atoms with van der Waals surface area (Å²) in [5.41, 5.74) is 0.703. The van der Waals surface area contributed by atoms with Crippen LogP contribution in [0.15, 0.2) is 52.5 Å². The Morgan fingerprint density at radius 1 is 1.17 bits per heavy atom. The van der Waals surface area contributed by atoms with Crippen molar-refractivity contribution in [3.8, 4) is 0 Å². The fraction of sp³-hybridized carbons (Fsp3) is 0.278. The molecule has 162 valence electrons. The summed E-state index contributed by atoms with van der Waals surface area (Å²) in [6.45, 7) is 3.47. The Morgan fingerprint density at radius 3 is 2.37 bits per heavy atom. The van der Waals surface area contributed by atoms with Crippen LogP contribution in [0.3, 0.4) is 0 Å². The zero-order valence-corrected chi connectivity index (χ0v) is 16.9. The van der Waals surface area contributed by atoms with Gasteiger partial charge in [-0.05, 0) is 12.1 Å². The van der Waals surface area contributed by atoms with Crippen LogP contribution in [0.1, 0.15) is 25.0 Å². The van der Waals surface area contributed by atoms with Gasteiger partial charge in [-0.1, -0.05) is 32.0 Å². The average Bonchev–Trinajstić information content (AvgIpc) is 2.68. The van der Waals surface area contributed by atoms with Crippen LogP contribution in [0, 0.1) is 10.1 Å². The molecular weight excluding hydrogens is 425 g/mol. The average molecular weight is 444 g/mol. The van der Waals surface area contributed by atoms with E-state index in [1.165, 1.54) is 18.2 Å². The van der Waals surface area contributed by atoms with E-state index >= 15 is 0 Å². The summed E-state index contributed by atoms with van der Waals surface area (Å²) in [5, 5.41) is 14.8. The summed E-state index contributed by atoms with van der Waals surface area (Å²) in [4.78, 5) is 9.93. The van der Waals surface area contributed by atoms with Crippen molar-refractivity contribution < 1.29 is 26.5 Å². The third-order valence-electron chi connectivity index (χ3n) is 4.15. The molecule has 0 aliphatic rings. The van der Waals surface area contributed by atoms with Crippen molar-refractivity contribution in [1.29, 1.82) is 0 Å². The number of rotatable bonds is 8. The fourth-order valence-electron chi connectivity index (χ4n) is 2.67. The van der Waals surface area contributed by atoms with Crippen LogP contribution in [0.25, 0.3) is 0 Å². The minimum atomic E-state index is -4.59. The number of nitro benzene ring substituents is 1. The van der Waals surface area contributed by atoms with Gasteiger partial charge in [0.1, 0.15) is 4.90 Å². The highest BCUT2D eigenvalue weighted by Crippen LogP contribution is 2.32. The molecule has 0 heterocycles. The number of non-ortho nitro benzene ring substituents is 1. The number of halogens is 3. The highest BCUT2D eigenvalue weighted by atomic mass is 32.2. The highest BCUT2D eigenvalue weighted by molar-refractivity contribution is 7.89. The van der Waals surface area contributed by atoms with Crippen LogP contribution < -0.4 is 5.43 Å². The van der Waals surface area contributed by atoms with Crippen molar-refractivity contribution in [3.63, 3.8) is 0 Å². The number of nitrogens with one attached hydrogen (secondary N) is 1. The van der Waals surface area contributed by atoms with Crippen molar-refractivity contribution in [3.05, 3.63) is 63.7 Å². The van der Waals surface area contributed by atoms with Crippen molar-refractivity contribution in [1.82, 2.24) is 4.31 Å². The lowest BCUT2D eigenvalue weighted by atomic mass is 10.1. The van der Waals surface area contributed by atoms with Crippen molar-refractivity contribution in [2.75, 3.05) is 18.5 Å². The first kappa shape index (κ1) is 23.3. The van der Waals surface area contributed by atoms with Crippen molar-refractivity contribution in [2.24, 2.45) is 5.10 Å². The first-order valence-electron chi connectivity index (χ1n) is 8.76. The van der Waals surface area contributed by atoms with Gasteiger partial charge in [0.2, 0.25) is 10.0 Å². The van der Waals surface area contributed by atoms with E-state index in [0.29, 0.717) is 0 Å². The number of alkyl halides is 3. The number of hydrogen-bond acceptors (Lipinski definition) is 6. The maximum atomic E-state index is 13.1. The molecule has 0 fully saturated rings. The molecule has 1 N–H and O–H groups in total. The highest BCUT2D eigenvalue weighted by Gasteiger charge is 2.32. The van der Waals surface area contributed by atoms with E-state index < -0.39 is 37.3 Å². The van der Waals surface area contributed by atoms with Gasteiger partial charge in [0.25, 0.3) is 5.69 Å². The van der Waals surface area contributed by atoms with E-state index in [0.717, 1.165) is 34.8 Å². The molecular formula is C18H19F3N4O4S. The smallest absolute Gasteiger partial charge is 0.277 e. The van der Waals surface area contributed by atoms with Gasteiger partial charge in [0, 0.05) is 30.8 Å². The minimum Gasteiger partial charge on any atom is -0.277 e. The minimum absolute atomic E-state index is 0.103. The number of nitro groups is 1. The second-order valence-electron chi connectivity index (χ2n) is 5.98. The second kappa shape index (κ2) is 9.22. The largest absolute Gasteiger partial charge is 0.417 e. The van der Waals surface area contributed by atoms with E-state index in [1.54, 1.807) is 13.8 Å². The fourth-order valence-corrected chi connectivity index (χ4v) is 4.29. The van der Waals surface area contributed by atoms with Crippen LogP contribution in [-0.4, -0.2) is 37.0 Å². The second-order valence-corrected chi connectivity index (χ2v) is 7.89. The number of anilines is 1. The molecule has 0 aromatic heterocycles. The molecule has 30 heavy (non-hydrogen) atoms. The first-order chi connectivity index (χ1) is 14.0. The molecule has 0 aliphatic carbocycles. The summed E-state index contributed by atoms with van der Waals surface area (Å²) in [6.07, 6.45) is -3.69. The van der Waals surface area contributed by atoms with Gasteiger partial charge < -0.3 is 0 Å². The summed E-state index contributed by atoms with van der Waals surface area (Å²) in [6, 6.07) is 7.83. The normalized spacial score (nSPS) is 12.5.